The molecule has 0 aromatic heterocycles. The molecule has 0 aliphatic heterocycles. The molecule has 0 aliphatic rings. The molecule has 3 N–H and O–H groups in total. The third kappa shape index (κ3) is 4.05. The summed E-state index contributed by atoms with van der Waals surface area (Å²) in [5, 5.41) is 2.25. The molecular formula is C8H16NO4P. The molecule has 1 amide bonds. The molecule has 1 atom stereocenters. The van der Waals surface area contributed by atoms with Gasteiger partial charge in [0.05, 0.1) is 0 Å². The third-order valence-corrected chi connectivity index (χ3v) is 3.11. The highest BCUT2D eigenvalue weighted by atomic mass is 31.2. The van der Waals surface area contributed by atoms with E-state index in [1.807, 2.05) is 0 Å². The Hall–Kier alpha value is -0.640. The lowest BCUT2D eigenvalue weighted by molar-refractivity contribution is -0.118. The van der Waals surface area contributed by atoms with E-state index in [0.29, 0.717) is 0 Å². The SMILES string of the molecule is C=C(C)C(=O)NC(C(C)C)P(=O)(O)O. The van der Waals surface area contributed by atoms with Gasteiger partial charge in [0.25, 0.3) is 0 Å². The Bertz CT molecular complexity index is 281. The van der Waals surface area contributed by atoms with Gasteiger partial charge in [0.1, 0.15) is 5.78 Å². The van der Waals surface area contributed by atoms with Crippen molar-refractivity contribution in [2.45, 2.75) is 26.6 Å². The minimum atomic E-state index is -4.30. The highest BCUT2D eigenvalue weighted by Gasteiger charge is 2.32. The molecule has 0 aliphatic carbocycles. The molecule has 0 bridgehead atoms. The van der Waals surface area contributed by atoms with Crippen LogP contribution in [0.4, 0.5) is 0 Å². The number of carbonyl (C=O) groups is 1. The summed E-state index contributed by atoms with van der Waals surface area (Å²) in [6.07, 6.45) is 0. The van der Waals surface area contributed by atoms with Crippen LogP contribution in [-0.4, -0.2) is 21.5 Å². The number of carbonyl (C=O) groups excluding carboxylic acids is 1. The summed E-state index contributed by atoms with van der Waals surface area (Å²) in [5.74, 6) is -2.02. The fourth-order valence-electron chi connectivity index (χ4n) is 0.897. The Morgan fingerprint density at radius 1 is 1.43 bits per heavy atom. The van der Waals surface area contributed by atoms with Gasteiger partial charge < -0.3 is 15.1 Å². The molecule has 82 valence electrons. The van der Waals surface area contributed by atoms with Gasteiger partial charge in [-0.25, -0.2) is 0 Å². The normalized spacial score (nSPS) is 13.9. The van der Waals surface area contributed by atoms with Crippen LogP contribution in [0, 0.1) is 5.92 Å². The molecule has 0 spiro atoms. The van der Waals surface area contributed by atoms with Gasteiger partial charge in [-0.15, -0.1) is 0 Å². The minimum Gasteiger partial charge on any atom is -0.338 e. The second kappa shape index (κ2) is 4.73. The quantitative estimate of drug-likeness (QED) is 0.485. The van der Waals surface area contributed by atoms with Gasteiger partial charge in [-0.1, -0.05) is 20.4 Å². The Kier molecular flexibility index (Phi) is 4.52. The summed E-state index contributed by atoms with van der Waals surface area (Å²) < 4.78 is 11.0. The molecule has 0 rings (SSSR count). The Balaban J connectivity index is 4.65. The van der Waals surface area contributed by atoms with Crippen LogP contribution < -0.4 is 5.32 Å². The van der Waals surface area contributed by atoms with Crippen LogP contribution in [0.2, 0.25) is 0 Å². The number of hydrogen-bond acceptors (Lipinski definition) is 2. The van der Waals surface area contributed by atoms with Crippen molar-refractivity contribution in [3.05, 3.63) is 12.2 Å². The molecule has 0 fully saturated rings. The first-order chi connectivity index (χ1) is 6.16. The summed E-state index contributed by atoms with van der Waals surface area (Å²) in [5.41, 5.74) is 0.226. The Labute approximate surface area is 83.4 Å². The second-order valence-electron chi connectivity index (χ2n) is 3.53. The lowest BCUT2D eigenvalue weighted by Gasteiger charge is -2.23. The molecule has 0 saturated carbocycles. The lowest BCUT2D eigenvalue weighted by atomic mass is 10.2. The van der Waals surface area contributed by atoms with E-state index in [2.05, 4.69) is 11.9 Å². The van der Waals surface area contributed by atoms with Gasteiger partial charge in [-0.2, -0.15) is 0 Å². The third-order valence-electron chi connectivity index (χ3n) is 1.66. The minimum absolute atomic E-state index is 0.226. The van der Waals surface area contributed by atoms with Gasteiger partial charge in [0.15, 0.2) is 0 Å². The Morgan fingerprint density at radius 3 is 2.07 bits per heavy atom. The molecule has 5 nitrogen and oxygen atoms in total. The van der Waals surface area contributed by atoms with Gasteiger partial charge in [-0.3, -0.25) is 9.36 Å². The fourth-order valence-corrected chi connectivity index (χ4v) is 1.96. The van der Waals surface area contributed by atoms with Crippen LogP contribution in [0.1, 0.15) is 20.8 Å². The first-order valence-corrected chi connectivity index (χ1v) is 5.86. The zero-order valence-electron chi connectivity index (χ0n) is 8.52. The lowest BCUT2D eigenvalue weighted by Crippen LogP contribution is -2.38. The monoisotopic (exact) mass is 221 g/mol. The van der Waals surface area contributed by atoms with Crippen LogP contribution in [0.5, 0.6) is 0 Å². The summed E-state index contributed by atoms with van der Waals surface area (Å²) in [6.45, 7) is 8.12. The van der Waals surface area contributed by atoms with E-state index >= 15 is 0 Å². The Morgan fingerprint density at radius 2 is 1.86 bits per heavy atom. The van der Waals surface area contributed by atoms with Gasteiger partial charge in [-0.05, 0) is 12.8 Å². The molecule has 6 heteroatoms. The molecule has 0 aromatic rings. The predicted octanol–water partition coefficient (Wildman–Crippen LogP) is 0.838. The van der Waals surface area contributed by atoms with E-state index < -0.39 is 19.3 Å². The molecular weight excluding hydrogens is 205 g/mol. The van der Waals surface area contributed by atoms with Crippen LogP contribution in [0.15, 0.2) is 12.2 Å². The first-order valence-electron chi connectivity index (χ1n) is 4.18. The van der Waals surface area contributed by atoms with E-state index in [-0.39, 0.29) is 11.5 Å². The van der Waals surface area contributed by atoms with Gasteiger partial charge in [0, 0.05) is 5.57 Å². The first kappa shape index (κ1) is 13.4. The van der Waals surface area contributed by atoms with Crippen molar-refractivity contribution in [2.24, 2.45) is 5.92 Å². The maximum absolute atomic E-state index is 11.2. The largest absolute Gasteiger partial charge is 0.347 e. The van der Waals surface area contributed by atoms with E-state index in [1.54, 1.807) is 13.8 Å². The molecule has 0 heterocycles. The van der Waals surface area contributed by atoms with Crippen LogP contribution in [-0.2, 0) is 9.36 Å². The maximum Gasteiger partial charge on any atom is 0.347 e. The van der Waals surface area contributed by atoms with E-state index in [1.165, 1.54) is 6.92 Å². The zero-order valence-corrected chi connectivity index (χ0v) is 9.41. The average molecular weight is 221 g/mol. The van der Waals surface area contributed by atoms with Crippen molar-refractivity contribution in [1.82, 2.24) is 5.32 Å². The summed E-state index contributed by atoms with van der Waals surface area (Å²) in [4.78, 5) is 29.0. The highest BCUT2D eigenvalue weighted by Crippen LogP contribution is 2.43. The summed E-state index contributed by atoms with van der Waals surface area (Å²) in [6, 6.07) is 0. The molecule has 14 heavy (non-hydrogen) atoms. The zero-order chi connectivity index (χ0) is 11.5. The average Bonchev–Trinajstić information content (AvgIpc) is 1.96. The molecule has 0 aromatic carbocycles. The van der Waals surface area contributed by atoms with Crippen molar-refractivity contribution in [1.29, 1.82) is 0 Å². The van der Waals surface area contributed by atoms with Crippen molar-refractivity contribution in [3.8, 4) is 0 Å². The van der Waals surface area contributed by atoms with Gasteiger partial charge in [0.2, 0.25) is 5.91 Å². The maximum atomic E-state index is 11.2. The van der Waals surface area contributed by atoms with Crippen molar-refractivity contribution in [2.75, 3.05) is 0 Å². The van der Waals surface area contributed by atoms with Crippen molar-refractivity contribution < 1.29 is 19.1 Å². The highest BCUT2D eigenvalue weighted by molar-refractivity contribution is 7.52. The fraction of sp³-hybridized carbons (Fsp3) is 0.625. The molecule has 0 radical (unpaired) electrons. The van der Waals surface area contributed by atoms with E-state index in [4.69, 9.17) is 9.79 Å². The summed E-state index contributed by atoms with van der Waals surface area (Å²) >= 11 is 0. The van der Waals surface area contributed by atoms with E-state index in [0.717, 1.165) is 0 Å². The molecule has 0 saturated heterocycles. The number of hydrogen-bond donors (Lipinski definition) is 3. The van der Waals surface area contributed by atoms with Crippen molar-refractivity contribution >= 4 is 13.5 Å². The van der Waals surface area contributed by atoms with Crippen LogP contribution in [0.25, 0.3) is 0 Å². The standard InChI is InChI=1S/C8H16NO4P/c1-5(2)7(10)9-8(6(3)4)14(11,12)13/h6,8H,1H2,2-4H3,(H,9,10)(H2,11,12,13). The number of nitrogens with one attached hydrogen (secondary N) is 1. The molecule has 1 unspecified atom stereocenters. The van der Waals surface area contributed by atoms with Crippen LogP contribution >= 0.6 is 7.60 Å². The predicted molar refractivity (Wildman–Crippen MR) is 53.6 cm³/mol. The van der Waals surface area contributed by atoms with E-state index in [9.17, 15) is 9.36 Å². The van der Waals surface area contributed by atoms with Crippen LogP contribution in [0.3, 0.4) is 0 Å². The van der Waals surface area contributed by atoms with Gasteiger partial charge >= 0.3 is 7.60 Å². The second-order valence-corrected chi connectivity index (χ2v) is 5.27. The number of rotatable bonds is 4. The number of amides is 1. The van der Waals surface area contributed by atoms with Crippen molar-refractivity contribution in [3.63, 3.8) is 0 Å². The topological polar surface area (TPSA) is 86.6 Å². The smallest absolute Gasteiger partial charge is 0.338 e. The summed E-state index contributed by atoms with van der Waals surface area (Å²) in [7, 11) is -4.30.